The van der Waals surface area contributed by atoms with E-state index in [1.807, 2.05) is 0 Å². The van der Waals surface area contributed by atoms with E-state index >= 15 is 0 Å². The Labute approximate surface area is 163 Å². The summed E-state index contributed by atoms with van der Waals surface area (Å²) in [5, 5.41) is 8.66. The maximum atomic E-state index is 13.8. The second kappa shape index (κ2) is 10.1. The van der Waals surface area contributed by atoms with Crippen molar-refractivity contribution in [1.29, 1.82) is 0 Å². The van der Waals surface area contributed by atoms with Gasteiger partial charge in [-0.15, -0.1) is 11.8 Å². The Bertz CT molecular complexity index is 654. The van der Waals surface area contributed by atoms with Crippen LogP contribution in [0.2, 0.25) is 0 Å². The number of thioether (sulfide) groups is 1. The molecule has 2 unspecified atom stereocenters. The molecule has 6 nitrogen and oxygen atoms in total. The molecule has 2 saturated heterocycles. The van der Waals surface area contributed by atoms with Gasteiger partial charge in [-0.1, -0.05) is 18.2 Å². The van der Waals surface area contributed by atoms with E-state index in [2.05, 4.69) is 20.9 Å². The summed E-state index contributed by atoms with van der Waals surface area (Å²) >= 11 is 1.42. The summed E-state index contributed by atoms with van der Waals surface area (Å²) in [6.07, 6.45) is 1.23. The molecule has 2 amide bonds. The second-order valence-corrected chi connectivity index (χ2v) is 8.15. The molecule has 2 atom stereocenters. The lowest BCUT2D eigenvalue weighted by Gasteiger charge is -2.29. The van der Waals surface area contributed by atoms with Crippen molar-refractivity contribution in [1.82, 2.24) is 20.9 Å². The van der Waals surface area contributed by atoms with Crippen molar-refractivity contribution in [3.63, 3.8) is 0 Å². The van der Waals surface area contributed by atoms with E-state index < -0.39 is 6.04 Å². The summed E-state index contributed by atoms with van der Waals surface area (Å²) in [6.45, 7) is 5.72. The highest BCUT2D eigenvalue weighted by Gasteiger charge is 2.32. The molecule has 8 heteroatoms. The number of carbonyl (C=O) groups is 2. The minimum atomic E-state index is -0.515. The van der Waals surface area contributed by atoms with Crippen LogP contribution in [0.5, 0.6) is 0 Å². The topological polar surface area (TPSA) is 73.5 Å². The molecule has 2 heterocycles. The molecule has 0 aliphatic carbocycles. The third-order valence-corrected chi connectivity index (χ3v) is 6.22. The van der Waals surface area contributed by atoms with Gasteiger partial charge in [-0.05, 0) is 31.0 Å². The zero-order chi connectivity index (χ0) is 19.1. The normalized spacial score (nSPS) is 23.7. The third-order valence-electron chi connectivity index (χ3n) is 4.91. The summed E-state index contributed by atoms with van der Waals surface area (Å²) in [5.74, 6) is -0.125. The third kappa shape index (κ3) is 5.92. The Balaban J connectivity index is 1.37. The first-order valence-electron chi connectivity index (χ1n) is 9.49. The molecule has 0 bridgehead atoms. The van der Waals surface area contributed by atoms with Crippen LogP contribution in [0.1, 0.15) is 12.0 Å². The van der Waals surface area contributed by atoms with Crippen LogP contribution in [0.4, 0.5) is 4.39 Å². The van der Waals surface area contributed by atoms with Gasteiger partial charge in [-0.3, -0.25) is 9.59 Å². The number of halogens is 1. The number of nitrogens with zero attached hydrogens (tertiary/aromatic N) is 1. The Hall–Kier alpha value is -1.64. The molecule has 2 fully saturated rings. The van der Waals surface area contributed by atoms with Crippen molar-refractivity contribution in [2.24, 2.45) is 0 Å². The fourth-order valence-electron chi connectivity index (χ4n) is 3.32. The quantitative estimate of drug-likeness (QED) is 0.583. The van der Waals surface area contributed by atoms with E-state index in [0.29, 0.717) is 24.3 Å². The number of hydrogen-bond donors (Lipinski definition) is 3. The van der Waals surface area contributed by atoms with E-state index in [9.17, 15) is 14.0 Å². The molecular weight excluding hydrogens is 367 g/mol. The average molecular weight is 395 g/mol. The number of benzene rings is 1. The van der Waals surface area contributed by atoms with Gasteiger partial charge in [0.25, 0.3) is 0 Å². The zero-order valence-corrected chi connectivity index (χ0v) is 16.2. The number of piperazine rings is 1. The highest BCUT2D eigenvalue weighted by Crippen LogP contribution is 2.23. The number of carbonyl (C=O) groups excluding carboxylic acids is 2. The largest absolute Gasteiger partial charge is 0.354 e. The number of amides is 2. The van der Waals surface area contributed by atoms with Crippen molar-refractivity contribution in [2.45, 2.75) is 24.1 Å². The summed E-state index contributed by atoms with van der Waals surface area (Å²) in [5.41, 5.74) is 0.529. The van der Waals surface area contributed by atoms with Crippen LogP contribution >= 0.6 is 11.8 Å². The first-order valence-corrected chi connectivity index (χ1v) is 10.5. The first kappa shape index (κ1) is 20.1. The molecule has 148 valence electrons. The van der Waals surface area contributed by atoms with Gasteiger partial charge in [0, 0.05) is 38.5 Å². The van der Waals surface area contributed by atoms with Crippen LogP contribution in [-0.4, -0.2) is 73.0 Å². The summed E-state index contributed by atoms with van der Waals surface area (Å²) in [7, 11) is 0. The van der Waals surface area contributed by atoms with Crippen LogP contribution in [-0.2, 0) is 16.0 Å². The summed E-state index contributed by atoms with van der Waals surface area (Å²) < 4.78 is 13.8. The maximum Gasteiger partial charge on any atom is 0.243 e. The molecule has 1 aromatic carbocycles. The molecule has 0 saturated carbocycles. The summed E-state index contributed by atoms with van der Waals surface area (Å²) in [6, 6.07) is 5.98. The van der Waals surface area contributed by atoms with Gasteiger partial charge in [0.15, 0.2) is 0 Å². The SMILES string of the molecule is O=C(NCCCN1CCNCC1)C1CSC(Cc2ccccc2F)C(=O)N1. The fourth-order valence-corrected chi connectivity index (χ4v) is 4.50. The fraction of sp³-hybridized carbons (Fsp3) is 0.579. The molecule has 3 N–H and O–H groups in total. The molecule has 0 aromatic heterocycles. The van der Waals surface area contributed by atoms with E-state index in [1.165, 1.54) is 17.8 Å². The van der Waals surface area contributed by atoms with Crippen LogP contribution in [0.25, 0.3) is 0 Å². The number of rotatable bonds is 7. The molecule has 3 rings (SSSR count). The van der Waals surface area contributed by atoms with Crippen molar-refractivity contribution in [2.75, 3.05) is 45.0 Å². The number of nitrogens with one attached hydrogen (secondary N) is 3. The summed E-state index contributed by atoms with van der Waals surface area (Å²) in [4.78, 5) is 27.0. The van der Waals surface area contributed by atoms with Crippen LogP contribution in [0.15, 0.2) is 24.3 Å². The average Bonchev–Trinajstić information content (AvgIpc) is 2.69. The van der Waals surface area contributed by atoms with Crippen LogP contribution in [0, 0.1) is 5.82 Å². The lowest BCUT2D eigenvalue weighted by molar-refractivity contribution is -0.128. The highest BCUT2D eigenvalue weighted by molar-refractivity contribution is 8.00. The zero-order valence-electron chi connectivity index (χ0n) is 15.4. The Morgan fingerprint density at radius 3 is 2.81 bits per heavy atom. The smallest absolute Gasteiger partial charge is 0.243 e. The first-order chi connectivity index (χ1) is 13.1. The molecular formula is C19H27FN4O2S. The van der Waals surface area contributed by atoms with Gasteiger partial charge < -0.3 is 20.9 Å². The molecule has 0 spiro atoms. The molecule has 27 heavy (non-hydrogen) atoms. The van der Waals surface area contributed by atoms with E-state index in [0.717, 1.165) is 39.1 Å². The predicted molar refractivity (Wildman–Crippen MR) is 105 cm³/mol. The van der Waals surface area contributed by atoms with Crippen LogP contribution < -0.4 is 16.0 Å². The van der Waals surface area contributed by atoms with E-state index in [1.54, 1.807) is 18.2 Å². The lowest BCUT2D eigenvalue weighted by Crippen LogP contribution is -2.54. The maximum absolute atomic E-state index is 13.8. The van der Waals surface area contributed by atoms with Gasteiger partial charge in [0.2, 0.25) is 11.8 Å². The predicted octanol–water partition coefficient (Wildman–Crippen LogP) is 0.380. The van der Waals surface area contributed by atoms with Gasteiger partial charge in [0.05, 0.1) is 5.25 Å². The van der Waals surface area contributed by atoms with E-state index in [-0.39, 0.29) is 22.9 Å². The Morgan fingerprint density at radius 2 is 2.07 bits per heavy atom. The minimum absolute atomic E-state index is 0.138. The lowest BCUT2D eigenvalue weighted by atomic mass is 10.1. The second-order valence-electron chi connectivity index (χ2n) is 6.91. The van der Waals surface area contributed by atoms with Crippen LogP contribution in [0.3, 0.4) is 0 Å². The monoisotopic (exact) mass is 394 g/mol. The van der Waals surface area contributed by atoms with Crippen molar-refractivity contribution in [3.05, 3.63) is 35.6 Å². The molecule has 1 aromatic rings. The molecule has 0 radical (unpaired) electrons. The molecule has 2 aliphatic heterocycles. The minimum Gasteiger partial charge on any atom is -0.354 e. The molecule has 2 aliphatic rings. The van der Waals surface area contributed by atoms with Crippen molar-refractivity contribution in [3.8, 4) is 0 Å². The van der Waals surface area contributed by atoms with Gasteiger partial charge in [0.1, 0.15) is 11.9 Å². The number of hydrogen-bond acceptors (Lipinski definition) is 5. The van der Waals surface area contributed by atoms with Crippen molar-refractivity contribution < 1.29 is 14.0 Å². The van der Waals surface area contributed by atoms with E-state index in [4.69, 9.17) is 0 Å². The van der Waals surface area contributed by atoms with Gasteiger partial charge in [-0.25, -0.2) is 4.39 Å². The Morgan fingerprint density at radius 1 is 1.30 bits per heavy atom. The van der Waals surface area contributed by atoms with Gasteiger partial charge >= 0.3 is 0 Å². The Kier molecular flexibility index (Phi) is 7.49. The van der Waals surface area contributed by atoms with Crippen molar-refractivity contribution >= 4 is 23.6 Å². The highest BCUT2D eigenvalue weighted by atomic mass is 32.2. The standard InChI is InChI=1S/C19H27FN4O2S/c20-15-5-2-1-4-14(15)12-17-19(26)23-16(13-27-17)18(25)22-6-3-9-24-10-7-21-8-11-24/h1-2,4-5,16-17,21H,3,6-13H2,(H,22,25)(H,23,26). The van der Waals surface area contributed by atoms with Gasteiger partial charge in [-0.2, -0.15) is 0 Å².